The molecule has 0 spiro atoms. The number of hydrogen-bond donors (Lipinski definition) is 0. The molecule has 0 bridgehead atoms. The molecule has 2 atom stereocenters. The highest BCUT2D eigenvalue weighted by Gasteiger charge is 2.31. The molecular weight excluding hydrogens is 569 g/mol. The number of rotatable bonds is 11. The van der Waals surface area contributed by atoms with E-state index in [-0.39, 0.29) is 6.04 Å². The highest BCUT2D eigenvalue weighted by Crippen LogP contribution is 2.50. The molecule has 0 saturated heterocycles. The van der Waals surface area contributed by atoms with Crippen LogP contribution in [0.3, 0.4) is 0 Å². The average Bonchev–Trinajstić information content (AvgIpc) is 3.68. The maximum Gasteiger partial charge on any atom is 0.0678 e. The molecule has 2 unspecified atom stereocenters. The third-order valence-electron chi connectivity index (χ3n) is 10.3. The van der Waals surface area contributed by atoms with Crippen molar-refractivity contribution < 1.29 is 0 Å². The van der Waals surface area contributed by atoms with Gasteiger partial charge in [-0.2, -0.15) is 0 Å². The Hall–Kier alpha value is -4.66. The summed E-state index contributed by atoms with van der Waals surface area (Å²) in [5.41, 5.74) is 16.3. The second kappa shape index (κ2) is 13.6. The third kappa shape index (κ3) is 5.88. The predicted molar refractivity (Wildman–Crippen MR) is 201 cm³/mol. The standard InChI is InChI=1S/C45H46N2/c1-5-17-38-34(6-2)30-36-23-13-26-40(44(36)38)39-25-15-27-41-42(39)31-37-24-14-28-43(45(37)41)47(32(3)35-21-11-8-12-22-35)46(4)29-16-20-33-18-9-7-10-19-33/h5-15,17-18,21-28,32-33H,2,16,19-20,29-31H2,1,3-4H3/b17-5-. The van der Waals surface area contributed by atoms with Gasteiger partial charge in [-0.15, -0.1) is 0 Å². The smallest absolute Gasteiger partial charge is 0.0678 e. The van der Waals surface area contributed by atoms with Crippen molar-refractivity contribution in [2.45, 2.75) is 52.0 Å². The van der Waals surface area contributed by atoms with Gasteiger partial charge < -0.3 is 0 Å². The molecule has 0 fully saturated rings. The molecule has 0 amide bonds. The molecule has 4 aromatic carbocycles. The SMILES string of the molecule is C=CC1=C(/C=C\C)c2c(cccc2-c2cccc3c2Cc2cccc(N(C(C)c4ccccc4)N(C)CCCC4C=CC=CC4)c2-3)C1. The van der Waals surface area contributed by atoms with Crippen LogP contribution < -0.4 is 5.01 Å². The Morgan fingerprint density at radius 3 is 2.34 bits per heavy atom. The Labute approximate surface area is 281 Å². The average molecular weight is 615 g/mol. The van der Waals surface area contributed by atoms with Crippen molar-refractivity contribution in [1.82, 2.24) is 5.01 Å². The summed E-state index contributed by atoms with van der Waals surface area (Å²) in [6.07, 6.45) is 20.9. The van der Waals surface area contributed by atoms with E-state index >= 15 is 0 Å². The topological polar surface area (TPSA) is 6.48 Å². The summed E-state index contributed by atoms with van der Waals surface area (Å²) < 4.78 is 0. The van der Waals surface area contributed by atoms with Crippen LogP contribution >= 0.6 is 0 Å². The number of hydrazine groups is 1. The second-order valence-electron chi connectivity index (χ2n) is 13.2. The molecule has 2 heteroatoms. The number of allylic oxidation sites excluding steroid dienone is 9. The van der Waals surface area contributed by atoms with Gasteiger partial charge in [0.15, 0.2) is 0 Å². The van der Waals surface area contributed by atoms with Crippen LogP contribution in [0.15, 0.2) is 140 Å². The Morgan fingerprint density at radius 1 is 0.830 bits per heavy atom. The van der Waals surface area contributed by atoms with Crippen molar-refractivity contribution in [3.05, 3.63) is 167 Å². The fourth-order valence-electron chi connectivity index (χ4n) is 8.08. The number of anilines is 1. The number of benzene rings is 4. The molecule has 3 aliphatic carbocycles. The first-order valence-electron chi connectivity index (χ1n) is 17.3. The van der Waals surface area contributed by atoms with Crippen LogP contribution in [0.4, 0.5) is 5.69 Å². The maximum absolute atomic E-state index is 4.16. The summed E-state index contributed by atoms with van der Waals surface area (Å²) in [4.78, 5) is 0. The van der Waals surface area contributed by atoms with Gasteiger partial charge in [-0.25, -0.2) is 5.01 Å². The van der Waals surface area contributed by atoms with Crippen LogP contribution in [0.25, 0.3) is 27.8 Å². The molecule has 0 aliphatic heterocycles. The first-order chi connectivity index (χ1) is 23.1. The monoisotopic (exact) mass is 614 g/mol. The highest BCUT2D eigenvalue weighted by atomic mass is 15.6. The molecule has 0 radical (unpaired) electrons. The fourth-order valence-corrected chi connectivity index (χ4v) is 8.08. The van der Waals surface area contributed by atoms with Gasteiger partial charge >= 0.3 is 0 Å². The van der Waals surface area contributed by atoms with E-state index in [2.05, 4.69) is 159 Å². The molecule has 0 N–H and O–H groups in total. The Kier molecular flexibility index (Phi) is 8.96. The summed E-state index contributed by atoms with van der Waals surface area (Å²) in [5.74, 6) is 0.643. The van der Waals surface area contributed by atoms with Gasteiger partial charge in [-0.3, -0.25) is 5.01 Å². The lowest BCUT2D eigenvalue weighted by atomic mass is 9.89. The molecule has 2 nitrogen and oxygen atoms in total. The molecule has 4 aromatic rings. The van der Waals surface area contributed by atoms with Gasteiger partial charge in [0.1, 0.15) is 0 Å². The zero-order valence-corrected chi connectivity index (χ0v) is 28.1. The Bertz CT molecular complexity index is 1900. The van der Waals surface area contributed by atoms with E-state index in [1.807, 2.05) is 6.08 Å². The molecule has 0 heterocycles. The largest absolute Gasteiger partial charge is 0.298 e. The van der Waals surface area contributed by atoms with Crippen LogP contribution in [-0.4, -0.2) is 18.6 Å². The number of hydrogen-bond acceptors (Lipinski definition) is 2. The molecule has 7 rings (SSSR count). The van der Waals surface area contributed by atoms with Gasteiger partial charge in [0.25, 0.3) is 0 Å². The predicted octanol–water partition coefficient (Wildman–Crippen LogP) is 11.3. The minimum absolute atomic E-state index is 0.181. The molecule has 0 aromatic heterocycles. The van der Waals surface area contributed by atoms with Gasteiger partial charge in [0.05, 0.1) is 11.7 Å². The van der Waals surface area contributed by atoms with E-state index in [0.29, 0.717) is 5.92 Å². The van der Waals surface area contributed by atoms with E-state index in [0.717, 1.165) is 32.2 Å². The van der Waals surface area contributed by atoms with Crippen LogP contribution in [0, 0.1) is 5.92 Å². The Balaban J connectivity index is 1.29. The van der Waals surface area contributed by atoms with Gasteiger partial charge in [-0.1, -0.05) is 128 Å². The van der Waals surface area contributed by atoms with Crippen molar-refractivity contribution >= 4 is 11.3 Å². The van der Waals surface area contributed by atoms with Crippen molar-refractivity contribution in [1.29, 1.82) is 0 Å². The molecule has 3 aliphatic rings. The molecule has 47 heavy (non-hydrogen) atoms. The molecular formula is C45H46N2. The fraction of sp³-hybridized carbons (Fsp3) is 0.244. The van der Waals surface area contributed by atoms with E-state index in [1.54, 1.807) is 0 Å². The lowest BCUT2D eigenvalue weighted by molar-refractivity contribution is 0.267. The highest BCUT2D eigenvalue weighted by molar-refractivity contribution is 5.97. The summed E-state index contributed by atoms with van der Waals surface area (Å²) in [6.45, 7) is 9.62. The van der Waals surface area contributed by atoms with Crippen molar-refractivity contribution in [2.24, 2.45) is 5.92 Å². The lowest BCUT2D eigenvalue weighted by Crippen LogP contribution is -2.42. The van der Waals surface area contributed by atoms with Gasteiger partial charge in [0, 0.05) is 19.2 Å². The van der Waals surface area contributed by atoms with Crippen LogP contribution in [0.2, 0.25) is 0 Å². The van der Waals surface area contributed by atoms with E-state index < -0.39 is 0 Å². The Morgan fingerprint density at radius 2 is 1.57 bits per heavy atom. The van der Waals surface area contributed by atoms with Crippen LogP contribution in [0.5, 0.6) is 0 Å². The molecule has 0 saturated carbocycles. The van der Waals surface area contributed by atoms with E-state index in [9.17, 15) is 0 Å². The maximum atomic E-state index is 4.16. The second-order valence-corrected chi connectivity index (χ2v) is 13.2. The minimum atomic E-state index is 0.181. The van der Waals surface area contributed by atoms with Crippen molar-refractivity contribution in [3.8, 4) is 22.3 Å². The van der Waals surface area contributed by atoms with Gasteiger partial charge in [-0.05, 0) is 114 Å². The zero-order chi connectivity index (χ0) is 32.3. The number of nitrogens with zero attached hydrogens (tertiary/aromatic N) is 2. The zero-order valence-electron chi connectivity index (χ0n) is 28.1. The van der Waals surface area contributed by atoms with Gasteiger partial charge in [0.2, 0.25) is 0 Å². The first kappa shape index (κ1) is 31.0. The third-order valence-corrected chi connectivity index (χ3v) is 10.3. The first-order valence-corrected chi connectivity index (χ1v) is 17.3. The summed E-state index contributed by atoms with van der Waals surface area (Å²) >= 11 is 0. The quantitative estimate of drug-likeness (QED) is 0.137. The van der Waals surface area contributed by atoms with Crippen molar-refractivity contribution in [2.75, 3.05) is 18.6 Å². The summed E-state index contributed by atoms with van der Waals surface area (Å²) in [5, 5.41) is 5.04. The van der Waals surface area contributed by atoms with E-state index in [1.165, 1.54) is 73.3 Å². The normalized spacial score (nSPS) is 16.9. The minimum Gasteiger partial charge on any atom is -0.298 e. The summed E-state index contributed by atoms with van der Waals surface area (Å²) in [6, 6.07) is 31.9. The van der Waals surface area contributed by atoms with Crippen LogP contribution in [0.1, 0.15) is 67.0 Å². The van der Waals surface area contributed by atoms with Crippen LogP contribution in [-0.2, 0) is 12.8 Å². The molecule has 236 valence electrons. The number of fused-ring (bicyclic) bond motifs is 4. The van der Waals surface area contributed by atoms with E-state index in [4.69, 9.17) is 0 Å². The lowest BCUT2D eigenvalue weighted by Gasteiger charge is -2.40. The van der Waals surface area contributed by atoms with Crippen molar-refractivity contribution in [3.63, 3.8) is 0 Å². The summed E-state index contributed by atoms with van der Waals surface area (Å²) in [7, 11) is 2.28.